The molecule has 2 aromatic rings. The van der Waals surface area contributed by atoms with Crippen LogP contribution in [0.3, 0.4) is 0 Å². The van der Waals surface area contributed by atoms with Crippen molar-refractivity contribution < 1.29 is 31.1 Å². The van der Waals surface area contributed by atoms with Crippen LogP contribution < -0.4 is 4.74 Å². The second-order valence-corrected chi connectivity index (χ2v) is 12.4. The number of amides is 1. The molecule has 4 rings (SSSR count). The number of sulfone groups is 1. The third kappa shape index (κ3) is 5.37. The maximum Gasteiger partial charge on any atom is 0.573 e. The Morgan fingerprint density at radius 2 is 1.85 bits per heavy atom. The number of nitrogens with zero attached hydrogens (tertiary/aromatic N) is 2. The first kappa shape index (κ1) is 24.5. The SMILES string of the molecule is CC1(C)C[C@@H]2C[C@@](C)(CN2C(=O)c2cccc(CS(=O)(=O)c3cccc(OC(F)(F)F)c3)n2)C1. The van der Waals surface area contributed by atoms with Crippen LogP contribution in [0.5, 0.6) is 5.75 Å². The zero-order valence-electron chi connectivity index (χ0n) is 19.2. The van der Waals surface area contributed by atoms with Crippen molar-refractivity contribution in [2.24, 2.45) is 10.8 Å². The predicted octanol–water partition coefficient (Wildman–Crippen LogP) is 4.99. The molecule has 1 aliphatic carbocycles. The van der Waals surface area contributed by atoms with Gasteiger partial charge in [0.05, 0.1) is 16.3 Å². The fraction of sp³-hybridized carbons (Fsp3) is 0.500. The number of aromatic nitrogens is 1. The Morgan fingerprint density at radius 3 is 2.56 bits per heavy atom. The maximum absolute atomic E-state index is 13.3. The molecule has 2 fully saturated rings. The Hall–Kier alpha value is -2.62. The molecular formula is C24H27F3N2O4S. The number of rotatable bonds is 5. The van der Waals surface area contributed by atoms with Gasteiger partial charge in [0.25, 0.3) is 5.91 Å². The number of ether oxygens (including phenoxy) is 1. The molecule has 184 valence electrons. The molecule has 2 aliphatic rings. The highest BCUT2D eigenvalue weighted by Crippen LogP contribution is 2.52. The lowest BCUT2D eigenvalue weighted by atomic mass is 9.65. The number of fused-ring (bicyclic) bond motifs is 2. The van der Waals surface area contributed by atoms with Crippen molar-refractivity contribution in [1.29, 1.82) is 0 Å². The van der Waals surface area contributed by atoms with Gasteiger partial charge in [0, 0.05) is 12.6 Å². The lowest BCUT2D eigenvalue weighted by Crippen LogP contribution is -2.38. The molecular weight excluding hydrogens is 469 g/mol. The molecule has 2 bridgehead atoms. The van der Waals surface area contributed by atoms with Crippen LogP contribution in [0.15, 0.2) is 47.4 Å². The normalized spacial score (nSPS) is 24.2. The van der Waals surface area contributed by atoms with E-state index in [1.165, 1.54) is 18.2 Å². The van der Waals surface area contributed by atoms with E-state index < -0.39 is 27.7 Å². The van der Waals surface area contributed by atoms with Gasteiger partial charge in [-0.2, -0.15) is 0 Å². The Kier molecular flexibility index (Phi) is 5.95. The summed E-state index contributed by atoms with van der Waals surface area (Å²) < 4.78 is 67.0. The molecule has 1 amide bonds. The molecule has 0 unspecified atom stereocenters. The van der Waals surface area contributed by atoms with E-state index in [9.17, 15) is 26.4 Å². The molecule has 1 aromatic heterocycles. The molecule has 1 aromatic carbocycles. The van der Waals surface area contributed by atoms with E-state index >= 15 is 0 Å². The zero-order chi connectivity index (χ0) is 24.9. The molecule has 0 radical (unpaired) electrons. The van der Waals surface area contributed by atoms with Gasteiger partial charge in [-0.3, -0.25) is 4.79 Å². The molecule has 2 heterocycles. The molecule has 10 heteroatoms. The number of benzene rings is 1. The van der Waals surface area contributed by atoms with Gasteiger partial charge in [0.2, 0.25) is 0 Å². The van der Waals surface area contributed by atoms with Crippen molar-refractivity contribution in [2.45, 2.75) is 63.1 Å². The number of alkyl halides is 3. The van der Waals surface area contributed by atoms with E-state index in [4.69, 9.17) is 0 Å². The zero-order valence-corrected chi connectivity index (χ0v) is 20.0. The molecule has 34 heavy (non-hydrogen) atoms. The number of hydrogen-bond acceptors (Lipinski definition) is 5. The third-order valence-corrected chi connectivity index (χ3v) is 8.09. The minimum Gasteiger partial charge on any atom is -0.406 e. The summed E-state index contributed by atoms with van der Waals surface area (Å²) in [5.41, 5.74) is 0.491. The van der Waals surface area contributed by atoms with Gasteiger partial charge in [-0.1, -0.05) is 32.9 Å². The van der Waals surface area contributed by atoms with Crippen LogP contribution in [0.4, 0.5) is 13.2 Å². The van der Waals surface area contributed by atoms with E-state index in [1.54, 1.807) is 12.1 Å². The Morgan fingerprint density at radius 1 is 1.15 bits per heavy atom. The van der Waals surface area contributed by atoms with E-state index in [2.05, 4.69) is 30.5 Å². The quantitative estimate of drug-likeness (QED) is 0.583. The van der Waals surface area contributed by atoms with Crippen LogP contribution in [-0.4, -0.2) is 43.2 Å². The van der Waals surface area contributed by atoms with E-state index in [0.29, 0.717) is 6.54 Å². The van der Waals surface area contributed by atoms with Crippen molar-refractivity contribution in [3.05, 3.63) is 53.9 Å². The predicted molar refractivity (Wildman–Crippen MR) is 119 cm³/mol. The number of carbonyl (C=O) groups is 1. The van der Waals surface area contributed by atoms with E-state index in [1.807, 2.05) is 4.90 Å². The summed E-state index contributed by atoms with van der Waals surface area (Å²) in [5, 5.41) is 0. The van der Waals surface area contributed by atoms with Gasteiger partial charge in [-0.15, -0.1) is 13.2 Å². The summed E-state index contributed by atoms with van der Waals surface area (Å²) in [5.74, 6) is -1.41. The van der Waals surface area contributed by atoms with Crippen LogP contribution >= 0.6 is 0 Å². The van der Waals surface area contributed by atoms with Crippen LogP contribution in [0.1, 0.15) is 56.2 Å². The van der Waals surface area contributed by atoms with E-state index in [0.717, 1.165) is 31.4 Å². The second-order valence-electron chi connectivity index (χ2n) is 10.4. The van der Waals surface area contributed by atoms with Gasteiger partial charge in [-0.25, -0.2) is 13.4 Å². The smallest absolute Gasteiger partial charge is 0.406 e. The minimum atomic E-state index is -4.93. The molecule has 2 atom stereocenters. The average Bonchev–Trinajstić information content (AvgIpc) is 2.95. The molecule has 1 saturated heterocycles. The summed E-state index contributed by atoms with van der Waals surface area (Å²) in [6, 6.07) is 8.95. The lowest BCUT2D eigenvalue weighted by Gasteiger charge is -2.39. The third-order valence-electron chi connectivity index (χ3n) is 6.44. The number of likely N-dealkylation sites (tertiary alicyclic amines) is 1. The van der Waals surface area contributed by atoms with Gasteiger partial charge >= 0.3 is 6.36 Å². The lowest BCUT2D eigenvalue weighted by molar-refractivity contribution is -0.274. The fourth-order valence-corrected chi connectivity index (χ4v) is 6.96. The van der Waals surface area contributed by atoms with Crippen molar-refractivity contribution >= 4 is 15.7 Å². The average molecular weight is 497 g/mol. The molecule has 1 aliphatic heterocycles. The highest BCUT2D eigenvalue weighted by atomic mass is 32.2. The first-order chi connectivity index (χ1) is 15.6. The molecule has 6 nitrogen and oxygen atoms in total. The van der Waals surface area contributed by atoms with E-state index in [-0.39, 0.29) is 39.1 Å². The largest absolute Gasteiger partial charge is 0.573 e. The minimum absolute atomic E-state index is 0.0481. The maximum atomic E-state index is 13.3. The van der Waals surface area contributed by atoms with Gasteiger partial charge in [0.1, 0.15) is 11.4 Å². The Labute approximate surface area is 197 Å². The number of carbonyl (C=O) groups excluding carboxylic acids is 1. The van der Waals surface area contributed by atoms with Crippen molar-refractivity contribution in [3.8, 4) is 5.75 Å². The molecule has 1 saturated carbocycles. The Balaban J connectivity index is 1.53. The Bertz CT molecular complexity index is 1210. The summed E-state index contributed by atoms with van der Waals surface area (Å²) in [6.07, 6.45) is -2.06. The van der Waals surface area contributed by atoms with Crippen LogP contribution in [0.25, 0.3) is 0 Å². The summed E-state index contributed by atoms with van der Waals surface area (Å²) in [6.45, 7) is 7.26. The van der Waals surface area contributed by atoms with Crippen molar-refractivity contribution in [3.63, 3.8) is 0 Å². The number of hydrogen-bond donors (Lipinski definition) is 0. The first-order valence-electron chi connectivity index (χ1n) is 11.0. The number of pyridine rings is 1. The monoisotopic (exact) mass is 496 g/mol. The standard InChI is InChI=1S/C24H27F3N2O4S/c1-22(2)11-17-12-23(3,14-22)15-29(17)21(30)20-9-4-6-16(28-20)13-34(31,32)19-8-5-7-18(10-19)33-24(25,26)27/h4-10,17H,11-15H2,1-3H3/t17-,23-/m1/s1. The van der Waals surface area contributed by atoms with Crippen LogP contribution in [-0.2, 0) is 15.6 Å². The summed E-state index contributed by atoms with van der Waals surface area (Å²) >= 11 is 0. The van der Waals surface area contributed by atoms with Crippen LogP contribution in [0.2, 0.25) is 0 Å². The highest BCUT2D eigenvalue weighted by molar-refractivity contribution is 7.90. The van der Waals surface area contributed by atoms with Crippen LogP contribution in [0, 0.1) is 10.8 Å². The fourth-order valence-electron chi connectivity index (χ4n) is 5.67. The first-order valence-corrected chi connectivity index (χ1v) is 12.7. The van der Waals surface area contributed by atoms with Gasteiger partial charge in [0.15, 0.2) is 9.84 Å². The van der Waals surface area contributed by atoms with Gasteiger partial charge < -0.3 is 9.64 Å². The van der Waals surface area contributed by atoms with Crippen molar-refractivity contribution in [1.82, 2.24) is 9.88 Å². The second kappa shape index (κ2) is 8.25. The molecule has 0 spiro atoms. The van der Waals surface area contributed by atoms with Gasteiger partial charge in [-0.05, 0) is 60.4 Å². The summed E-state index contributed by atoms with van der Waals surface area (Å²) in [7, 11) is -4.03. The van der Waals surface area contributed by atoms with Crippen molar-refractivity contribution in [2.75, 3.05) is 6.54 Å². The summed E-state index contributed by atoms with van der Waals surface area (Å²) in [4.78, 5) is 19.1. The highest BCUT2D eigenvalue weighted by Gasteiger charge is 2.51. The molecule has 0 N–H and O–H groups in total. The topological polar surface area (TPSA) is 76.6 Å². The number of halogens is 3.